The first kappa shape index (κ1) is 13.5. The molecule has 0 fully saturated rings. The van der Waals surface area contributed by atoms with Gasteiger partial charge in [0.25, 0.3) is 0 Å². The molecule has 0 bridgehead atoms. The van der Waals surface area contributed by atoms with E-state index in [4.69, 9.17) is 23.2 Å². The molecule has 0 saturated carbocycles. The summed E-state index contributed by atoms with van der Waals surface area (Å²) in [6.45, 7) is 1.54. The van der Waals surface area contributed by atoms with Gasteiger partial charge in [-0.2, -0.15) is 0 Å². The van der Waals surface area contributed by atoms with Crippen LogP contribution in [0, 0.1) is 0 Å². The molecule has 0 heterocycles. The number of rotatable bonds is 3. The first-order valence-electron chi connectivity index (χ1n) is 4.20. The van der Waals surface area contributed by atoms with Crippen molar-refractivity contribution in [3.8, 4) is 0 Å². The van der Waals surface area contributed by atoms with Crippen molar-refractivity contribution < 1.29 is 4.79 Å². The maximum absolute atomic E-state index is 11.1. The van der Waals surface area contributed by atoms with E-state index in [1.54, 1.807) is 0 Å². The van der Waals surface area contributed by atoms with Crippen molar-refractivity contribution in [2.24, 2.45) is 0 Å². The van der Waals surface area contributed by atoms with Crippen molar-refractivity contribution in [1.82, 2.24) is 0 Å². The van der Waals surface area contributed by atoms with Crippen molar-refractivity contribution >= 4 is 60.8 Å². The molecule has 5 heteroatoms. The van der Waals surface area contributed by atoms with Gasteiger partial charge >= 0.3 is 0 Å². The summed E-state index contributed by atoms with van der Waals surface area (Å²) in [5.41, 5.74) is 0.863. The monoisotopic (exact) mass is 372 g/mol. The van der Waals surface area contributed by atoms with Crippen LogP contribution in [0.5, 0.6) is 0 Å². The number of benzene rings is 1. The number of hydrogen-bond donors (Lipinski definition) is 0. The van der Waals surface area contributed by atoms with Gasteiger partial charge in [-0.1, -0.05) is 45.2 Å². The fraction of sp³-hybridized carbons (Fsp3) is 0.300. The molecule has 15 heavy (non-hydrogen) atoms. The summed E-state index contributed by atoms with van der Waals surface area (Å²) in [5, 5.41) is 0.981. The van der Waals surface area contributed by atoms with Crippen LogP contribution >= 0.6 is 55.1 Å². The van der Waals surface area contributed by atoms with Crippen LogP contribution in [-0.4, -0.2) is 10.6 Å². The fourth-order valence-corrected chi connectivity index (χ4v) is 2.28. The molecule has 0 amide bonds. The molecule has 1 unspecified atom stereocenters. The minimum absolute atomic E-state index is 0.0742. The van der Waals surface area contributed by atoms with Crippen LogP contribution in [0.2, 0.25) is 10.0 Å². The third-order valence-electron chi connectivity index (χ3n) is 1.96. The highest BCUT2D eigenvalue weighted by molar-refractivity contribution is 9.10. The Hall–Kier alpha value is 0.430. The summed E-state index contributed by atoms with van der Waals surface area (Å²) in [6, 6.07) is 3.68. The van der Waals surface area contributed by atoms with Crippen molar-refractivity contribution in [2.75, 3.05) is 0 Å². The normalized spacial score (nSPS) is 12.6. The molecule has 1 aromatic rings. The largest absolute Gasteiger partial charge is 0.299 e. The summed E-state index contributed by atoms with van der Waals surface area (Å²) in [7, 11) is 0. The first-order chi connectivity index (χ1) is 6.93. The molecule has 0 N–H and O–H groups in total. The number of carbonyl (C=O) groups excluding carboxylic acids is 1. The molecule has 82 valence electrons. The molecule has 0 aliphatic rings. The van der Waals surface area contributed by atoms with Gasteiger partial charge in [-0.25, -0.2) is 0 Å². The van der Waals surface area contributed by atoms with Crippen LogP contribution in [0.3, 0.4) is 0 Å². The Labute approximate surface area is 115 Å². The molecule has 0 spiro atoms. The van der Waals surface area contributed by atoms with Gasteiger partial charge in [-0.3, -0.25) is 4.79 Å². The summed E-state index contributed by atoms with van der Waals surface area (Å²) in [5.74, 6) is 0.0742. The highest BCUT2D eigenvalue weighted by Crippen LogP contribution is 2.33. The molecular weight excluding hydrogens is 367 g/mol. The summed E-state index contributed by atoms with van der Waals surface area (Å²) in [6.07, 6.45) is 0.543. The third-order valence-corrected chi connectivity index (χ3v) is 4.73. The van der Waals surface area contributed by atoms with E-state index >= 15 is 0 Å². The zero-order chi connectivity index (χ0) is 11.6. The lowest BCUT2D eigenvalue weighted by atomic mass is 10.1. The zero-order valence-electron chi connectivity index (χ0n) is 7.86. The topological polar surface area (TPSA) is 17.1 Å². The van der Waals surface area contributed by atoms with E-state index in [2.05, 4.69) is 31.9 Å². The van der Waals surface area contributed by atoms with Crippen molar-refractivity contribution in [3.05, 3.63) is 32.2 Å². The minimum Gasteiger partial charge on any atom is -0.299 e. The Balaban J connectivity index is 2.97. The molecule has 0 aliphatic carbocycles. The number of alkyl halides is 1. The average Bonchev–Trinajstić information content (AvgIpc) is 2.18. The molecular formula is C10H8Br2Cl2O. The number of halogens is 4. The van der Waals surface area contributed by atoms with Crippen molar-refractivity contribution in [3.63, 3.8) is 0 Å². The first-order valence-corrected chi connectivity index (χ1v) is 6.67. The molecule has 1 aromatic carbocycles. The lowest BCUT2D eigenvalue weighted by Gasteiger charge is -2.09. The van der Waals surface area contributed by atoms with Crippen LogP contribution in [0.4, 0.5) is 0 Å². The Bertz CT molecular complexity index is 393. The molecule has 1 nitrogen and oxygen atoms in total. The van der Waals surface area contributed by atoms with Crippen LogP contribution in [0.15, 0.2) is 16.6 Å². The zero-order valence-corrected chi connectivity index (χ0v) is 12.5. The van der Waals surface area contributed by atoms with Gasteiger partial charge in [0.1, 0.15) is 5.78 Å². The van der Waals surface area contributed by atoms with E-state index in [0.29, 0.717) is 16.5 Å². The van der Waals surface area contributed by atoms with Gasteiger partial charge in [-0.15, -0.1) is 0 Å². The van der Waals surface area contributed by atoms with E-state index in [0.717, 1.165) is 10.0 Å². The van der Waals surface area contributed by atoms with Crippen LogP contribution < -0.4 is 0 Å². The van der Waals surface area contributed by atoms with E-state index in [-0.39, 0.29) is 10.6 Å². The minimum atomic E-state index is -0.216. The quantitative estimate of drug-likeness (QED) is 0.556. The van der Waals surface area contributed by atoms with Crippen LogP contribution in [0.25, 0.3) is 0 Å². The summed E-state index contributed by atoms with van der Waals surface area (Å²) < 4.78 is 0.756. The fourth-order valence-electron chi connectivity index (χ4n) is 1.06. The van der Waals surface area contributed by atoms with Gasteiger partial charge in [0, 0.05) is 4.47 Å². The maximum Gasteiger partial charge on any atom is 0.143 e. The number of hydrogen-bond acceptors (Lipinski definition) is 1. The molecule has 0 aromatic heterocycles. The van der Waals surface area contributed by atoms with Crippen LogP contribution in [0.1, 0.15) is 12.5 Å². The van der Waals surface area contributed by atoms with Gasteiger partial charge in [0.2, 0.25) is 0 Å². The number of carbonyl (C=O) groups is 1. The smallest absolute Gasteiger partial charge is 0.143 e. The molecule has 0 saturated heterocycles. The van der Waals surface area contributed by atoms with Gasteiger partial charge < -0.3 is 0 Å². The lowest BCUT2D eigenvalue weighted by Crippen LogP contribution is -2.12. The standard InChI is InChI=1S/C10H8Br2Cl2O/c1-5(15)8(12)4-6-2-3-7(11)10(14)9(6)13/h2-3,8H,4H2,1H3. The number of ketones is 1. The Morgan fingerprint density at radius 3 is 2.53 bits per heavy atom. The third kappa shape index (κ3) is 3.45. The second-order valence-corrected chi connectivity index (χ2v) is 5.83. The maximum atomic E-state index is 11.1. The van der Waals surface area contributed by atoms with E-state index in [1.807, 2.05) is 12.1 Å². The van der Waals surface area contributed by atoms with E-state index in [9.17, 15) is 4.79 Å². The highest BCUT2D eigenvalue weighted by Gasteiger charge is 2.15. The van der Waals surface area contributed by atoms with E-state index in [1.165, 1.54) is 6.92 Å². The van der Waals surface area contributed by atoms with Crippen molar-refractivity contribution in [1.29, 1.82) is 0 Å². The Kier molecular flexibility index (Phi) is 5.10. The molecule has 1 atom stereocenters. The van der Waals surface area contributed by atoms with Gasteiger partial charge in [0.15, 0.2) is 0 Å². The molecule has 0 radical (unpaired) electrons. The average molecular weight is 375 g/mol. The predicted octanol–water partition coefficient (Wildman–Crippen LogP) is 4.65. The molecule has 0 aliphatic heterocycles. The van der Waals surface area contributed by atoms with Gasteiger partial charge in [-0.05, 0) is 40.9 Å². The summed E-state index contributed by atoms with van der Waals surface area (Å²) >= 11 is 18.6. The Morgan fingerprint density at radius 1 is 1.40 bits per heavy atom. The predicted molar refractivity (Wildman–Crippen MR) is 71.3 cm³/mol. The second kappa shape index (κ2) is 5.67. The van der Waals surface area contributed by atoms with Crippen LogP contribution in [-0.2, 0) is 11.2 Å². The Morgan fingerprint density at radius 2 is 2.00 bits per heavy atom. The van der Waals surface area contributed by atoms with E-state index < -0.39 is 0 Å². The second-order valence-electron chi connectivity index (χ2n) is 3.12. The van der Waals surface area contributed by atoms with Gasteiger partial charge in [0.05, 0.1) is 14.9 Å². The summed E-state index contributed by atoms with van der Waals surface area (Å²) in [4.78, 5) is 10.9. The highest BCUT2D eigenvalue weighted by atomic mass is 79.9. The SMILES string of the molecule is CC(=O)C(Br)Cc1ccc(Br)c(Cl)c1Cl. The lowest BCUT2D eigenvalue weighted by molar-refractivity contribution is -0.116. The number of Topliss-reactive ketones (excluding diaryl/α,β-unsaturated/α-hetero) is 1. The van der Waals surface area contributed by atoms with Crippen molar-refractivity contribution in [2.45, 2.75) is 18.2 Å². The molecule has 1 rings (SSSR count).